The molecule has 2 aliphatic rings. The van der Waals surface area contributed by atoms with E-state index in [2.05, 4.69) is 41.4 Å². The van der Waals surface area contributed by atoms with Crippen LogP contribution in [0, 0.1) is 5.41 Å². The number of nitrogen functional groups attached to an aromatic ring is 2. The van der Waals surface area contributed by atoms with E-state index in [9.17, 15) is 47.7 Å². The Morgan fingerprint density at radius 3 is 1.93 bits per heavy atom. The van der Waals surface area contributed by atoms with E-state index in [0.717, 1.165) is 25.6 Å². The van der Waals surface area contributed by atoms with Crippen molar-refractivity contribution in [1.82, 2.24) is 39.0 Å². The number of phosphoric acid groups is 3. The molecule has 10 N–H and O–H groups in total. The molecule has 6 heterocycles. The van der Waals surface area contributed by atoms with Crippen LogP contribution in [-0.4, -0.2) is 196 Å². The fourth-order valence-corrected chi connectivity index (χ4v) is 14.6. The molecule has 2 saturated heterocycles. The van der Waals surface area contributed by atoms with Gasteiger partial charge in [-0.2, -0.15) is 0 Å². The van der Waals surface area contributed by atoms with Crippen molar-refractivity contribution in [3.05, 3.63) is 25.3 Å². The summed E-state index contributed by atoms with van der Waals surface area (Å²) >= 11 is 0.531. The zero-order chi connectivity index (χ0) is 66.8. The molecule has 0 radical (unpaired) electrons. The van der Waals surface area contributed by atoms with Gasteiger partial charge in [0.05, 0.1) is 70.9 Å². The molecule has 0 bridgehead atoms. The van der Waals surface area contributed by atoms with Gasteiger partial charge in [-0.3, -0.25) is 45.6 Å². The molecule has 2 aliphatic heterocycles. The fourth-order valence-electron chi connectivity index (χ4n) is 10.1. The number of methoxy groups -OCH3 is 1. The molecule has 0 amide bonds. The molecule has 0 spiro atoms. The van der Waals surface area contributed by atoms with Crippen LogP contribution in [0.1, 0.15) is 130 Å². The second-order valence-corrected chi connectivity index (χ2v) is 31.1. The number of aromatic nitrogens is 8. The van der Waals surface area contributed by atoms with Crippen molar-refractivity contribution in [2.24, 2.45) is 5.41 Å². The van der Waals surface area contributed by atoms with Crippen LogP contribution in [0.5, 0.6) is 0 Å². The van der Waals surface area contributed by atoms with Crippen molar-refractivity contribution in [2.45, 2.75) is 186 Å². The summed E-state index contributed by atoms with van der Waals surface area (Å²) in [6.07, 6.45) is 14.5. The third-order valence-corrected chi connectivity index (χ3v) is 21.2. The molecule has 2 fully saturated rings. The van der Waals surface area contributed by atoms with Crippen molar-refractivity contribution in [3.63, 3.8) is 0 Å². The molecule has 4 aromatic heterocycles. The van der Waals surface area contributed by atoms with Crippen LogP contribution >= 0.6 is 41.6 Å². The van der Waals surface area contributed by atoms with Crippen LogP contribution in [0.15, 0.2) is 25.3 Å². The van der Waals surface area contributed by atoms with E-state index in [4.69, 9.17) is 72.1 Å². The lowest BCUT2D eigenvalue weighted by Crippen LogP contribution is -2.55. The summed E-state index contributed by atoms with van der Waals surface area (Å²) in [6, 6.07) is 0. The first kappa shape index (κ1) is 77.7. The Morgan fingerprint density at radius 1 is 0.739 bits per heavy atom. The zero-order valence-corrected chi connectivity index (χ0v) is 56.8. The predicted molar refractivity (Wildman–Crippen MR) is 333 cm³/mol. The van der Waals surface area contributed by atoms with Crippen LogP contribution in [-0.2, 0) is 96.6 Å². The van der Waals surface area contributed by atoms with Gasteiger partial charge in [0.25, 0.3) is 0 Å². The number of nitrogens with zero attached hydrogens (tertiary/aromatic N) is 8. The first-order chi connectivity index (χ1) is 43.8. The number of nitrogens with two attached hydrogens (primary N) is 2. The van der Waals surface area contributed by atoms with E-state index >= 15 is 0 Å². The molecular formula is C53H92N10O24P4S. The van der Waals surface area contributed by atoms with Gasteiger partial charge < -0.3 is 69.7 Å². The largest absolute Gasteiger partial charge is 0.472 e. The molecule has 92 heavy (non-hydrogen) atoms. The van der Waals surface area contributed by atoms with E-state index < -0.39 is 143 Å². The summed E-state index contributed by atoms with van der Waals surface area (Å²) in [5, 5.41) is 20.5. The quantitative estimate of drug-likeness (QED) is 0.0127. The van der Waals surface area contributed by atoms with Gasteiger partial charge in [0.2, 0.25) is 0 Å². The molecular weight excluding hydrogens is 1320 g/mol. The Hall–Kier alpha value is -3.28. The Labute approximate surface area is 538 Å². The Balaban J connectivity index is 1.05. The monoisotopic (exact) mass is 1410 g/mol. The van der Waals surface area contributed by atoms with Crippen LogP contribution in [0.25, 0.3) is 22.3 Å². The molecule has 0 saturated carbocycles. The lowest BCUT2D eigenvalue weighted by Gasteiger charge is -2.43. The number of hydrogen-bond acceptors (Lipinski definition) is 29. The molecule has 39 heteroatoms. The highest BCUT2D eigenvalue weighted by Crippen LogP contribution is 2.56. The van der Waals surface area contributed by atoms with Crippen molar-refractivity contribution in [2.75, 3.05) is 90.4 Å². The second kappa shape index (κ2) is 38.0. The van der Waals surface area contributed by atoms with Gasteiger partial charge in [0.1, 0.15) is 86.0 Å². The van der Waals surface area contributed by atoms with Gasteiger partial charge >= 0.3 is 36.2 Å². The third-order valence-electron chi connectivity index (χ3n) is 15.3. The number of esters is 1. The van der Waals surface area contributed by atoms with Crippen LogP contribution < -0.4 is 11.5 Å². The summed E-state index contributed by atoms with van der Waals surface area (Å²) in [7, 11) is -13.9. The van der Waals surface area contributed by atoms with Gasteiger partial charge in [-0.1, -0.05) is 96.8 Å². The zero-order valence-electron chi connectivity index (χ0n) is 52.4. The van der Waals surface area contributed by atoms with Crippen LogP contribution in [0.3, 0.4) is 0 Å². The van der Waals surface area contributed by atoms with Gasteiger partial charge in [-0.05, 0) is 44.5 Å². The van der Waals surface area contributed by atoms with Crippen molar-refractivity contribution in [3.8, 4) is 0 Å². The van der Waals surface area contributed by atoms with E-state index in [-0.39, 0.29) is 72.5 Å². The highest BCUT2D eigenvalue weighted by atomic mass is 32.7. The Kier molecular flexibility index (Phi) is 32.1. The highest BCUT2D eigenvalue weighted by molar-refractivity contribution is 8.54. The van der Waals surface area contributed by atoms with Crippen molar-refractivity contribution < 1.29 is 113 Å². The molecule has 8 unspecified atom stereocenters. The van der Waals surface area contributed by atoms with E-state index in [1.807, 2.05) is 13.8 Å². The number of unbranched alkanes of at least 4 members (excludes halogenated alkanes) is 13. The van der Waals surface area contributed by atoms with Gasteiger partial charge in [-0.25, -0.2) is 48.2 Å². The number of carbonyl (C=O) groups is 1. The maximum atomic E-state index is 13.9. The number of ether oxygens (including phenoxy) is 6. The first-order valence-corrected chi connectivity index (χ1v) is 38.3. The molecule has 11 atom stereocenters. The summed E-state index contributed by atoms with van der Waals surface area (Å²) in [6.45, 7) is -5.06. The minimum atomic E-state index is -5.28. The van der Waals surface area contributed by atoms with E-state index in [1.165, 1.54) is 106 Å². The van der Waals surface area contributed by atoms with Crippen molar-refractivity contribution in [1.29, 1.82) is 0 Å². The molecule has 34 nitrogen and oxygen atoms in total. The Bertz CT molecular complexity index is 3070. The number of hydrogen-bond donors (Lipinski definition) is 8. The number of anilines is 2. The normalized spacial score (nSPS) is 22.2. The summed E-state index contributed by atoms with van der Waals surface area (Å²) in [5.41, 5.74) is 10.3. The molecule has 0 aromatic carbocycles. The predicted octanol–water partition coefficient (Wildman–Crippen LogP) is 6.89. The topological polar surface area (TPSA) is 466 Å². The molecule has 4 aromatic rings. The van der Waals surface area contributed by atoms with E-state index in [0.29, 0.717) is 17.8 Å². The average Bonchev–Trinajstić information content (AvgIpc) is 1.04. The minimum absolute atomic E-state index is 0.0302. The van der Waals surface area contributed by atoms with Crippen LogP contribution in [0.2, 0.25) is 0 Å². The summed E-state index contributed by atoms with van der Waals surface area (Å²) in [4.78, 5) is 80.9. The third kappa shape index (κ3) is 25.3. The Morgan fingerprint density at radius 2 is 1.33 bits per heavy atom. The minimum Gasteiger partial charge on any atom is -0.464 e. The van der Waals surface area contributed by atoms with Gasteiger partial charge in [0, 0.05) is 19.5 Å². The maximum absolute atomic E-state index is 13.9. The number of imidazole rings is 2. The smallest absolute Gasteiger partial charge is 0.464 e. The number of phosphoric ester groups is 3. The van der Waals surface area contributed by atoms with Gasteiger partial charge in [0.15, 0.2) is 22.9 Å². The maximum Gasteiger partial charge on any atom is 0.472 e. The lowest BCUT2D eigenvalue weighted by molar-refractivity contribution is -0.214. The molecule has 524 valence electrons. The number of rotatable bonds is 48. The average molecular weight is 1410 g/mol. The highest BCUT2D eigenvalue weighted by Gasteiger charge is 2.48. The number of fused-ring (bicyclic) bond motifs is 2. The molecule has 0 aliphatic carbocycles. The fraction of sp³-hybridized carbons (Fsp3) is 0.792. The van der Waals surface area contributed by atoms with E-state index in [1.54, 1.807) is 0 Å². The van der Waals surface area contributed by atoms with Crippen molar-refractivity contribution >= 4 is 81.6 Å². The number of aliphatic hydroxyl groups excluding tert-OH is 2. The SMILES string of the molecule is CCCCCCCCCCCCCCCCC(C)(C)C(=O)OCCSP(=O)(O)OCC1OCCC[C@]1(COP(=O)(O)OCC(O)[C@@H](COP(=O)(O)OC1CO[C@H](COP(=O)(O)OCCO)C1OC)OCn1cnc2c(N)ncnc21)OCn1cnc2c(N)ncnc21. The summed E-state index contributed by atoms with van der Waals surface area (Å²) in [5.74, 6) is -0.416. The second-order valence-electron chi connectivity index (χ2n) is 22.8. The number of carbonyl (C=O) groups excluding carboxylic acids is 1. The molecule has 6 rings (SSSR count). The lowest BCUT2D eigenvalue weighted by atomic mass is 9.87. The number of aliphatic hydroxyl groups is 2. The van der Waals surface area contributed by atoms with Crippen LogP contribution in [0.4, 0.5) is 11.6 Å². The first-order valence-electron chi connectivity index (χ1n) is 30.6. The summed E-state index contributed by atoms with van der Waals surface area (Å²) < 4.78 is 127. The van der Waals surface area contributed by atoms with Gasteiger partial charge in [-0.15, -0.1) is 0 Å². The standard InChI is InChI=1S/C53H92N10O24P4S/c1-5-6-7-8-9-10-11-12-13-14-15-16-17-18-20-52(2,3)51(66)77-25-26-92-91(73,74)85-31-43-53(21-19-23-76-43,80-38-63-36-61-45-48(55)57-34-59-50(45)63)32-86-89(69,70)82-27-39(65)40(79-37-62-35-60-44-47(54)56-33-58-49(44)62)29-84-90(71,72)87-42-28-78-41(46(42)75-4)30-83-88(67,68)81-24-22-64/h33-36,39-43,46,64-65H,5-32,37-38H2,1-4H3,(H,67,68)(H,69,70)(H,71,72)(H,73,74)(H2,54,56,58)(H2,55,57,59)/t39?,40-,41-,42?,43?,46?,53-/m1/s1.